The van der Waals surface area contributed by atoms with Crippen LogP contribution in [-0.4, -0.2) is 39.2 Å². The van der Waals surface area contributed by atoms with Crippen molar-refractivity contribution >= 4 is 11.8 Å². The summed E-state index contributed by atoms with van der Waals surface area (Å²) in [5.74, 6) is 3.44. The lowest BCUT2D eigenvalue weighted by molar-refractivity contribution is -0.153. The molecule has 158 valence electrons. The quantitative estimate of drug-likeness (QED) is 0.441. The average molecular weight is 401 g/mol. The Bertz CT molecular complexity index is 776. The zero-order valence-electron chi connectivity index (χ0n) is 18.0. The second kappa shape index (κ2) is 10.5. The van der Waals surface area contributed by atoms with Crippen LogP contribution in [-0.2, 0) is 25.5 Å². The lowest BCUT2D eigenvalue weighted by Gasteiger charge is -2.26. The first-order valence-electron chi connectivity index (χ1n) is 10.2. The molecule has 5 heteroatoms. The van der Waals surface area contributed by atoms with Gasteiger partial charge in [-0.1, -0.05) is 5.92 Å². The zero-order chi connectivity index (χ0) is 21.4. The molecule has 2 atom stereocenters. The van der Waals surface area contributed by atoms with E-state index in [0.717, 1.165) is 29.5 Å². The Labute approximate surface area is 174 Å². The van der Waals surface area contributed by atoms with Crippen LogP contribution in [0.1, 0.15) is 55.7 Å². The number of esters is 1. The van der Waals surface area contributed by atoms with Gasteiger partial charge in [-0.05, 0) is 63.1 Å². The number of Topliss-reactive ketones (excluding diaryl/α,β-unsaturated/α-hetero) is 1. The number of carbonyl (C=O) groups is 2. The van der Waals surface area contributed by atoms with Crippen molar-refractivity contribution in [1.29, 1.82) is 0 Å². The predicted molar refractivity (Wildman–Crippen MR) is 112 cm³/mol. The van der Waals surface area contributed by atoms with Gasteiger partial charge in [-0.25, -0.2) is 0 Å². The number of benzene rings is 1. The smallest absolute Gasteiger partial charge is 0.311 e. The Morgan fingerprint density at radius 2 is 2.07 bits per heavy atom. The van der Waals surface area contributed by atoms with E-state index in [1.807, 2.05) is 19.9 Å². The topological polar surface area (TPSA) is 61.8 Å². The first-order chi connectivity index (χ1) is 13.9. The van der Waals surface area contributed by atoms with Crippen LogP contribution < -0.4 is 4.74 Å². The molecule has 29 heavy (non-hydrogen) atoms. The monoisotopic (exact) mass is 400 g/mol. The fraction of sp³-hybridized carbons (Fsp3) is 0.583. The number of hydrogen-bond donors (Lipinski definition) is 0. The lowest BCUT2D eigenvalue weighted by Crippen LogP contribution is -2.31. The van der Waals surface area contributed by atoms with Crippen LogP contribution in [0.5, 0.6) is 5.75 Å². The van der Waals surface area contributed by atoms with E-state index < -0.39 is 5.41 Å². The number of methoxy groups -OCH3 is 2. The van der Waals surface area contributed by atoms with Crippen LogP contribution in [0.4, 0.5) is 0 Å². The number of rotatable bonds is 10. The van der Waals surface area contributed by atoms with E-state index in [0.29, 0.717) is 44.1 Å². The third-order valence-electron chi connectivity index (χ3n) is 5.96. The maximum absolute atomic E-state index is 12.8. The molecule has 0 aromatic heterocycles. The molecule has 1 fully saturated rings. The predicted octanol–water partition coefficient (Wildman–Crippen LogP) is 3.87. The lowest BCUT2D eigenvalue weighted by atomic mass is 9.79. The minimum absolute atomic E-state index is 0.0800. The first-order valence-corrected chi connectivity index (χ1v) is 10.2. The Kier molecular flexibility index (Phi) is 8.28. The fourth-order valence-corrected chi connectivity index (χ4v) is 4.34. The van der Waals surface area contributed by atoms with E-state index in [4.69, 9.17) is 20.6 Å². The fourth-order valence-electron chi connectivity index (χ4n) is 4.34. The van der Waals surface area contributed by atoms with Gasteiger partial charge in [0.1, 0.15) is 11.5 Å². The van der Waals surface area contributed by atoms with Crippen LogP contribution in [0.15, 0.2) is 12.1 Å². The summed E-state index contributed by atoms with van der Waals surface area (Å²) in [6.07, 6.45) is 8.96. The highest BCUT2D eigenvalue weighted by molar-refractivity contribution is 5.84. The summed E-state index contributed by atoms with van der Waals surface area (Å²) in [6, 6.07) is 3.66. The highest BCUT2D eigenvalue weighted by atomic mass is 16.5. The molecule has 1 saturated carbocycles. The minimum atomic E-state index is -0.585. The van der Waals surface area contributed by atoms with E-state index in [1.54, 1.807) is 13.2 Å². The van der Waals surface area contributed by atoms with Gasteiger partial charge in [-0.15, -0.1) is 6.42 Å². The van der Waals surface area contributed by atoms with Gasteiger partial charge in [0.25, 0.3) is 0 Å². The van der Waals surface area contributed by atoms with Gasteiger partial charge in [0, 0.05) is 37.2 Å². The molecular formula is C24H32O5. The van der Waals surface area contributed by atoms with Crippen LogP contribution in [0.3, 0.4) is 0 Å². The van der Waals surface area contributed by atoms with Crippen molar-refractivity contribution < 1.29 is 23.8 Å². The molecule has 1 aliphatic rings. The van der Waals surface area contributed by atoms with Gasteiger partial charge in [0.15, 0.2) is 0 Å². The first kappa shape index (κ1) is 23.0. The number of carbonyl (C=O) groups excluding carboxylic acids is 2. The number of hydrogen-bond acceptors (Lipinski definition) is 5. The SMILES string of the molecule is C#Cc1cc(C)c(CC(=O)CCC2(C(=O)OC)CCC(COCC)C2)c(OC)c1. The standard InChI is InChI=1S/C24H32O5/c1-6-18-12-17(3)21(22(13-18)27-4)14-20(25)9-11-24(23(26)28-5)10-8-19(15-24)16-29-7-2/h1,12-13,19H,7-11,14-16H2,2-5H3. The van der Waals surface area contributed by atoms with Crippen molar-refractivity contribution in [2.75, 3.05) is 27.4 Å². The number of aryl methyl sites for hydroxylation is 1. The molecule has 0 bridgehead atoms. The number of ether oxygens (including phenoxy) is 3. The third-order valence-corrected chi connectivity index (χ3v) is 5.96. The summed E-state index contributed by atoms with van der Waals surface area (Å²) >= 11 is 0. The maximum atomic E-state index is 12.8. The van der Waals surface area contributed by atoms with Crippen LogP contribution >= 0.6 is 0 Å². The van der Waals surface area contributed by atoms with E-state index in [9.17, 15) is 9.59 Å². The highest BCUT2D eigenvalue weighted by Crippen LogP contribution is 2.46. The average Bonchev–Trinajstić information content (AvgIpc) is 3.15. The van der Waals surface area contributed by atoms with Crippen molar-refractivity contribution in [2.24, 2.45) is 11.3 Å². The van der Waals surface area contributed by atoms with Gasteiger partial charge < -0.3 is 14.2 Å². The highest BCUT2D eigenvalue weighted by Gasteiger charge is 2.46. The molecule has 0 saturated heterocycles. The molecule has 0 aliphatic heterocycles. The number of ketones is 1. The van der Waals surface area contributed by atoms with Crippen molar-refractivity contribution in [1.82, 2.24) is 0 Å². The second-order valence-electron chi connectivity index (χ2n) is 7.87. The molecule has 0 amide bonds. The van der Waals surface area contributed by atoms with E-state index in [2.05, 4.69) is 5.92 Å². The molecular weight excluding hydrogens is 368 g/mol. The Hall–Kier alpha value is -2.32. The normalized spacial score (nSPS) is 20.9. The molecule has 0 spiro atoms. The molecule has 0 heterocycles. The summed E-state index contributed by atoms with van der Waals surface area (Å²) in [5.41, 5.74) is 1.93. The Morgan fingerprint density at radius 3 is 2.69 bits per heavy atom. The third kappa shape index (κ3) is 5.61. The molecule has 0 N–H and O–H groups in total. The zero-order valence-corrected chi connectivity index (χ0v) is 18.0. The maximum Gasteiger partial charge on any atom is 0.311 e. The Morgan fingerprint density at radius 1 is 1.31 bits per heavy atom. The number of terminal acetylenes is 1. The summed E-state index contributed by atoms with van der Waals surface area (Å²) in [6.45, 7) is 5.21. The van der Waals surface area contributed by atoms with Gasteiger partial charge in [0.05, 0.1) is 19.6 Å². The molecule has 5 nitrogen and oxygen atoms in total. The van der Waals surface area contributed by atoms with Crippen molar-refractivity contribution in [3.63, 3.8) is 0 Å². The van der Waals surface area contributed by atoms with E-state index >= 15 is 0 Å². The van der Waals surface area contributed by atoms with Gasteiger partial charge in [0.2, 0.25) is 0 Å². The van der Waals surface area contributed by atoms with Crippen LogP contribution in [0.2, 0.25) is 0 Å². The van der Waals surface area contributed by atoms with Crippen molar-refractivity contribution in [3.8, 4) is 18.1 Å². The molecule has 1 aromatic carbocycles. The van der Waals surface area contributed by atoms with Crippen LogP contribution in [0.25, 0.3) is 0 Å². The summed E-state index contributed by atoms with van der Waals surface area (Å²) in [4.78, 5) is 25.3. The largest absolute Gasteiger partial charge is 0.496 e. The molecule has 1 aromatic rings. The van der Waals surface area contributed by atoms with Crippen LogP contribution in [0, 0.1) is 30.6 Å². The summed E-state index contributed by atoms with van der Waals surface area (Å²) < 4.78 is 16.1. The molecule has 2 rings (SSSR count). The molecule has 2 unspecified atom stereocenters. The van der Waals surface area contributed by atoms with Gasteiger partial charge in [-0.3, -0.25) is 9.59 Å². The van der Waals surface area contributed by atoms with Gasteiger partial charge in [-0.2, -0.15) is 0 Å². The minimum Gasteiger partial charge on any atom is -0.496 e. The van der Waals surface area contributed by atoms with E-state index in [1.165, 1.54) is 7.11 Å². The second-order valence-corrected chi connectivity index (χ2v) is 7.87. The Balaban J connectivity index is 2.06. The summed E-state index contributed by atoms with van der Waals surface area (Å²) in [7, 11) is 3.00. The summed E-state index contributed by atoms with van der Waals surface area (Å²) in [5, 5.41) is 0. The van der Waals surface area contributed by atoms with E-state index in [-0.39, 0.29) is 18.2 Å². The van der Waals surface area contributed by atoms with Gasteiger partial charge >= 0.3 is 5.97 Å². The van der Waals surface area contributed by atoms with Crippen molar-refractivity contribution in [2.45, 2.75) is 52.4 Å². The molecule has 1 aliphatic carbocycles. The van der Waals surface area contributed by atoms with Crippen molar-refractivity contribution in [3.05, 3.63) is 28.8 Å². The molecule has 0 radical (unpaired) electrons.